The number of rotatable bonds is 2. The highest BCUT2D eigenvalue weighted by molar-refractivity contribution is 6.33. The highest BCUT2D eigenvalue weighted by atomic mass is 35.5. The first-order valence-corrected chi connectivity index (χ1v) is 6.55. The second-order valence-electron chi connectivity index (χ2n) is 4.33. The van der Waals surface area contributed by atoms with Crippen molar-refractivity contribution in [3.8, 4) is 0 Å². The van der Waals surface area contributed by atoms with Gasteiger partial charge in [0, 0.05) is 11.8 Å². The number of benzene rings is 1. The maximum atomic E-state index is 5.97. The van der Waals surface area contributed by atoms with Crippen LogP contribution in [-0.2, 0) is 12.8 Å². The van der Waals surface area contributed by atoms with Crippen LogP contribution in [0.25, 0.3) is 0 Å². The maximum absolute atomic E-state index is 5.97. The van der Waals surface area contributed by atoms with Crippen molar-refractivity contribution in [2.75, 3.05) is 5.32 Å². The van der Waals surface area contributed by atoms with Crippen molar-refractivity contribution < 1.29 is 0 Å². The van der Waals surface area contributed by atoms with E-state index >= 15 is 0 Å². The lowest BCUT2D eigenvalue weighted by Crippen LogP contribution is -1.96. The van der Waals surface area contributed by atoms with Crippen molar-refractivity contribution in [2.24, 2.45) is 0 Å². The second kappa shape index (κ2) is 4.75. The molecule has 3 rings (SSSR count). The van der Waals surface area contributed by atoms with Crippen LogP contribution in [0.1, 0.15) is 17.5 Å². The van der Waals surface area contributed by atoms with Gasteiger partial charge in [0.15, 0.2) is 10.3 Å². The summed E-state index contributed by atoms with van der Waals surface area (Å²) in [6, 6.07) is 8.04. The number of anilines is 2. The third-order valence-electron chi connectivity index (χ3n) is 3.10. The van der Waals surface area contributed by atoms with Gasteiger partial charge >= 0.3 is 0 Å². The molecule has 0 saturated carbocycles. The average Bonchev–Trinajstić information content (AvgIpc) is 2.81. The van der Waals surface area contributed by atoms with Gasteiger partial charge in [0.25, 0.3) is 0 Å². The summed E-state index contributed by atoms with van der Waals surface area (Å²) in [4.78, 5) is 0. The molecule has 1 heterocycles. The first kappa shape index (κ1) is 11.8. The lowest BCUT2D eigenvalue weighted by molar-refractivity contribution is 0.912. The van der Waals surface area contributed by atoms with Crippen molar-refractivity contribution >= 4 is 34.6 Å². The standard InChI is InChI=1S/C13H11Cl2N3/c14-12-7-11(13(15)18-17-12)16-10-5-4-8-2-1-3-9(8)6-10/h4-7H,1-3H2,(H,16,17). The van der Waals surface area contributed by atoms with Gasteiger partial charge in [-0.3, -0.25) is 0 Å². The van der Waals surface area contributed by atoms with Gasteiger partial charge in [0.05, 0.1) is 5.69 Å². The second-order valence-corrected chi connectivity index (χ2v) is 5.08. The molecule has 0 atom stereocenters. The van der Waals surface area contributed by atoms with Crippen LogP contribution in [0.15, 0.2) is 24.3 Å². The van der Waals surface area contributed by atoms with E-state index in [1.165, 1.54) is 24.0 Å². The van der Waals surface area contributed by atoms with Crippen LogP contribution >= 0.6 is 23.2 Å². The smallest absolute Gasteiger partial charge is 0.175 e. The van der Waals surface area contributed by atoms with Crippen molar-refractivity contribution in [3.05, 3.63) is 45.7 Å². The number of nitrogens with zero attached hydrogens (tertiary/aromatic N) is 2. The minimum Gasteiger partial charge on any atom is -0.353 e. The number of hydrogen-bond donors (Lipinski definition) is 1. The summed E-state index contributed by atoms with van der Waals surface area (Å²) in [5.74, 6) is 0. The van der Waals surface area contributed by atoms with E-state index in [0.717, 1.165) is 12.1 Å². The van der Waals surface area contributed by atoms with Crippen molar-refractivity contribution in [2.45, 2.75) is 19.3 Å². The molecule has 1 aromatic carbocycles. The van der Waals surface area contributed by atoms with E-state index < -0.39 is 0 Å². The van der Waals surface area contributed by atoms with Gasteiger partial charge in [-0.15, -0.1) is 10.2 Å². The molecule has 92 valence electrons. The van der Waals surface area contributed by atoms with Gasteiger partial charge in [-0.2, -0.15) is 0 Å². The molecule has 0 bridgehead atoms. The van der Waals surface area contributed by atoms with Gasteiger partial charge in [-0.1, -0.05) is 29.3 Å². The monoisotopic (exact) mass is 279 g/mol. The Kier molecular flexibility index (Phi) is 3.10. The average molecular weight is 280 g/mol. The van der Waals surface area contributed by atoms with E-state index in [-0.39, 0.29) is 0 Å². The largest absolute Gasteiger partial charge is 0.353 e. The zero-order valence-electron chi connectivity index (χ0n) is 9.58. The van der Waals surface area contributed by atoms with Gasteiger partial charge in [0.1, 0.15) is 0 Å². The highest BCUT2D eigenvalue weighted by Crippen LogP contribution is 2.29. The fraction of sp³-hybridized carbons (Fsp3) is 0.231. The van der Waals surface area contributed by atoms with Gasteiger partial charge in [-0.25, -0.2) is 0 Å². The molecule has 0 fully saturated rings. The molecule has 18 heavy (non-hydrogen) atoms. The number of halogens is 2. The van der Waals surface area contributed by atoms with E-state index in [1.54, 1.807) is 6.07 Å². The molecule has 5 heteroatoms. The molecular formula is C13H11Cl2N3. The summed E-state index contributed by atoms with van der Waals surface area (Å²) < 4.78 is 0. The van der Waals surface area contributed by atoms with Crippen LogP contribution in [0.4, 0.5) is 11.4 Å². The van der Waals surface area contributed by atoms with Crippen molar-refractivity contribution in [1.29, 1.82) is 0 Å². The number of hydrogen-bond acceptors (Lipinski definition) is 3. The Balaban J connectivity index is 1.90. The van der Waals surface area contributed by atoms with Crippen molar-refractivity contribution in [3.63, 3.8) is 0 Å². The Morgan fingerprint density at radius 2 is 1.83 bits per heavy atom. The molecule has 1 aliphatic rings. The molecule has 1 aliphatic carbocycles. The summed E-state index contributed by atoms with van der Waals surface area (Å²) in [7, 11) is 0. The van der Waals surface area contributed by atoms with Crippen LogP contribution in [0, 0.1) is 0 Å². The van der Waals surface area contributed by atoms with E-state index in [1.807, 2.05) is 0 Å². The van der Waals surface area contributed by atoms with Gasteiger partial charge < -0.3 is 5.32 Å². The third-order valence-corrected chi connectivity index (χ3v) is 3.56. The molecule has 0 amide bonds. The number of aromatic nitrogens is 2. The van der Waals surface area contributed by atoms with E-state index in [9.17, 15) is 0 Å². The molecule has 0 aliphatic heterocycles. The lowest BCUT2D eigenvalue weighted by Gasteiger charge is -2.09. The minimum absolute atomic E-state index is 0.319. The zero-order valence-corrected chi connectivity index (χ0v) is 11.1. The zero-order chi connectivity index (χ0) is 12.5. The van der Waals surface area contributed by atoms with Gasteiger partial charge in [0.2, 0.25) is 0 Å². The summed E-state index contributed by atoms with van der Waals surface area (Å²) in [5, 5.41) is 11.3. The fourth-order valence-corrected chi connectivity index (χ4v) is 2.53. The van der Waals surface area contributed by atoms with Crippen LogP contribution in [0.2, 0.25) is 10.3 Å². The van der Waals surface area contributed by atoms with Crippen LogP contribution in [0.5, 0.6) is 0 Å². The first-order chi connectivity index (χ1) is 8.72. The Hall–Kier alpha value is -1.32. The maximum Gasteiger partial charge on any atom is 0.175 e. The molecule has 1 N–H and O–H groups in total. The molecule has 2 aromatic rings. The summed E-state index contributed by atoms with van der Waals surface area (Å²) >= 11 is 11.8. The SMILES string of the molecule is Clc1cc(Nc2ccc3c(c2)CCC3)c(Cl)nn1. The van der Waals surface area contributed by atoms with Gasteiger partial charge in [-0.05, 0) is 42.5 Å². The molecule has 0 unspecified atom stereocenters. The fourth-order valence-electron chi connectivity index (χ4n) is 2.25. The quantitative estimate of drug-likeness (QED) is 0.903. The predicted molar refractivity (Wildman–Crippen MR) is 73.8 cm³/mol. The molecule has 0 saturated heterocycles. The lowest BCUT2D eigenvalue weighted by atomic mass is 10.1. The number of nitrogens with one attached hydrogen (secondary N) is 1. The third kappa shape index (κ3) is 2.28. The van der Waals surface area contributed by atoms with E-state index in [4.69, 9.17) is 23.2 Å². The topological polar surface area (TPSA) is 37.8 Å². The minimum atomic E-state index is 0.319. The normalized spacial score (nSPS) is 13.4. The predicted octanol–water partition coefficient (Wildman–Crippen LogP) is 4.02. The molecule has 1 aromatic heterocycles. The molecule has 0 radical (unpaired) electrons. The van der Waals surface area contributed by atoms with Crippen molar-refractivity contribution in [1.82, 2.24) is 10.2 Å². The Bertz CT molecular complexity index is 599. The number of aryl methyl sites for hydroxylation is 2. The van der Waals surface area contributed by atoms with Crippen LogP contribution in [0.3, 0.4) is 0 Å². The van der Waals surface area contributed by atoms with E-state index in [2.05, 4.69) is 33.7 Å². The summed E-state index contributed by atoms with van der Waals surface area (Å²) in [6.45, 7) is 0. The molecular weight excluding hydrogens is 269 g/mol. The van der Waals surface area contributed by atoms with E-state index in [0.29, 0.717) is 16.0 Å². The molecule has 3 nitrogen and oxygen atoms in total. The Morgan fingerprint density at radius 3 is 2.72 bits per heavy atom. The van der Waals surface area contributed by atoms with Crippen LogP contribution in [-0.4, -0.2) is 10.2 Å². The van der Waals surface area contributed by atoms with Crippen LogP contribution < -0.4 is 5.32 Å². The highest BCUT2D eigenvalue weighted by Gasteiger charge is 2.11. The first-order valence-electron chi connectivity index (χ1n) is 5.80. The Labute approximate surface area is 115 Å². The Morgan fingerprint density at radius 1 is 1.00 bits per heavy atom. The summed E-state index contributed by atoms with van der Waals surface area (Å²) in [5.41, 5.74) is 4.53. The summed E-state index contributed by atoms with van der Waals surface area (Å²) in [6.07, 6.45) is 3.56. The number of fused-ring (bicyclic) bond motifs is 1. The molecule has 0 spiro atoms.